The summed E-state index contributed by atoms with van der Waals surface area (Å²) < 4.78 is 0. The molecule has 0 N–H and O–H groups in total. The molecule has 0 bridgehead atoms. The largest absolute Gasteiger partial charge is 0.249 e. The molecule has 68 valence electrons. The summed E-state index contributed by atoms with van der Waals surface area (Å²) >= 11 is 3.35. The maximum atomic E-state index is 4.35. The van der Waals surface area contributed by atoms with Gasteiger partial charge >= 0.3 is 0 Å². The molecule has 0 aromatic carbocycles. The lowest BCUT2D eigenvalue weighted by atomic mass is 10.2. The van der Waals surface area contributed by atoms with Crippen molar-refractivity contribution in [1.82, 2.24) is 9.97 Å². The zero-order valence-electron chi connectivity index (χ0n) is 7.52. The molecule has 4 heteroatoms. The predicted octanol–water partition coefficient (Wildman–Crippen LogP) is 3.39. The summed E-state index contributed by atoms with van der Waals surface area (Å²) in [5.41, 5.74) is 2.90. The van der Waals surface area contributed by atoms with Crippen LogP contribution in [0, 0.1) is 0 Å². The molecular weight excluding hydrogens is 200 g/mol. The molecule has 0 fully saturated rings. The number of nitrogens with zero attached hydrogens (tertiary/aromatic N) is 2. The first-order valence-electron chi connectivity index (χ1n) is 4.11. The Balaban J connectivity index is 2.33. The Morgan fingerprint density at radius 3 is 2.69 bits per heavy atom. The van der Waals surface area contributed by atoms with Crippen molar-refractivity contribution in [3.05, 3.63) is 22.1 Å². The van der Waals surface area contributed by atoms with Crippen molar-refractivity contribution in [1.29, 1.82) is 0 Å². The number of hydrogen-bond donors (Lipinski definition) is 0. The number of aromatic nitrogens is 2. The van der Waals surface area contributed by atoms with Gasteiger partial charge in [0.2, 0.25) is 0 Å². The fourth-order valence-corrected chi connectivity index (χ4v) is 2.52. The van der Waals surface area contributed by atoms with Crippen LogP contribution >= 0.6 is 22.7 Å². The Bertz CT molecular complexity index is 376. The highest BCUT2D eigenvalue weighted by atomic mass is 32.1. The maximum Gasteiger partial charge on any atom is 0.0957 e. The van der Waals surface area contributed by atoms with Crippen LogP contribution in [0.1, 0.15) is 24.8 Å². The molecule has 2 nitrogen and oxygen atoms in total. The van der Waals surface area contributed by atoms with E-state index < -0.39 is 0 Å². The SMILES string of the molecule is CC(C)c1ncc(-c2cscn2)s1. The number of thiazole rings is 2. The minimum atomic E-state index is 0.511. The highest BCUT2D eigenvalue weighted by Crippen LogP contribution is 2.29. The van der Waals surface area contributed by atoms with Crippen LogP contribution in [0.25, 0.3) is 10.6 Å². The van der Waals surface area contributed by atoms with E-state index in [1.165, 1.54) is 9.88 Å². The molecule has 0 atom stereocenters. The van der Waals surface area contributed by atoms with Crippen molar-refractivity contribution in [2.45, 2.75) is 19.8 Å². The van der Waals surface area contributed by atoms with Crippen LogP contribution < -0.4 is 0 Å². The maximum absolute atomic E-state index is 4.35. The summed E-state index contributed by atoms with van der Waals surface area (Å²) in [6, 6.07) is 0. The van der Waals surface area contributed by atoms with Crippen molar-refractivity contribution in [2.24, 2.45) is 0 Å². The molecule has 0 saturated carbocycles. The topological polar surface area (TPSA) is 25.8 Å². The summed E-state index contributed by atoms with van der Waals surface area (Å²) in [6.45, 7) is 4.31. The standard InChI is InChI=1S/C9H10N2S2/c1-6(2)9-10-3-8(13-9)7-4-12-5-11-7/h3-6H,1-2H3. The van der Waals surface area contributed by atoms with E-state index >= 15 is 0 Å². The van der Waals surface area contributed by atoms with Crippen molar-refractivity contribution < 1.29 is 0 Å². The second kappa shape index (κ2) is 3.55. The van der Waals surface area contributed by atoms with Crippen LogP contribution in [-0.2, 0) is 0 Å². The van der Waals surface area contributed by atoms with Gasteiger partial charge in [-0.1, -0.05) is 13.8 Å². The second-order valence-corrected chi connectivity index (χ2v) is 4.87. The normalized spacial score (nSPS) is 11.0. The summed E-state index contributed by atoms with van der Waals surface area (Å²) in [7, 11) is 0. The molecule has 0 aliphatic heterocycles. The molecule has 0 radical (unpaired) electrons. The average molecular weight is 210 g/mol. The van der Waals surface area contributed by atoms with Gasteiger partial charge in [0.05, 0.1) is 21.1 Å². The molecule has 0 saturated heterocycles. The highest BCUT2D eigenvalue weighted by molar-refractivity contribution is 7.15. The minimum Gasteiger partial charge on any atom is -0.249 e. The van der Waals surface area contributed by atoms with E-state index in [0.29, 0.717) is 5.92 Å². The molecule has 0 unspecified atom stereocenters. The van der Waals surface area contributed by atoms with E-state index in [4.69, 9.17) is 0 Å². The summed E-state index contributed by atoms with van der Waals surface area (Å²) in [5, 5.41) is 3.24. The monoisotopic (exact) mass is 210 g/mol. The predicted molar refractivity (Wildman–Crippen MR) is 57.3 cm³/mol. The molecule has 2 rings (SSSR count). The lowest BCUT2D eigenvalue weighted by molar-refractivity contribution is 0.852. The Morgan fingerprint density at radius 1 is 1.31 bits per heavy atom. The van der Waals surface area contributed by atoms with Gasteiger partial charge in [-0.25, -0.2) is 9.97 Å². The van der Waals surface area contributed by atoms with Crippen molar-refractivity contribution in [2.75, 3.05) is 0 Å². The van der Waals surface area contributed by atoms with Gasteiger partial charge in [-0.2, -0.15) is 0 Å². The van der Waals surface area contributed by atoms with Gasteiger partial charge in [0, 0.05) is 17.5 Å². The van der Waals surface area contributed by atoms with Gasteiger partial charge < -0.3 is 0 Å². The van der Waals surface area contributed by atoms with Crippen LogP contribution in [0.5, 0.6) is 0 Å². The zero-order valence-corrected chi connectivity index (χ0v) is 9.15. The first-order valence-corrected chi connectivity index (χ1v) is 5.87. The van der Waals surface area contributed by atoms with E-state index in [1.807, 2.05) is 11.7 Å². The average Bonchev–Trinajstić information content (AvgIpc) is 2.75. The first kappa shape index (κ1) is 8.84. The summed E-state index contributed by atoms with van der Waals surface area (Å²) in [5.74, 6) is 0.511. The van der Waals surface area contributed by atoms with Gasteiger partial charge in [-0.15, -0.1) is 22.7 Å². The Morgan fingerprint density at radius 2 is 2.15 bits per heavy atom. The molecule has 0 spiro atoms. The Kier molecular flexibility index (Phi) is 2.42. The number of rotatable bonds is 2. The lowest BCUT2D eigenvalue weighted by Crippen LogP contribution is -1.81. The van der Waals surface area contributed by atoms with Gasteiger partial charge in [-0.05, 0) is 0 Å². The molecule has 0 aliphatic rings. The van der Waals surface area contributed by atoms with Crippen molar-refractivity contribution in [3.63, 3.8) is 0 Å². The van der Waals surface area contributed by atoms with Crippen LogP contribution in [0.2, 0.25) is 0 Å². The van der Waals surface area contributed by atoms with Gasteiger partial charge in [0.15, 0.2) is 0 Å². The fraction of sp³-hybridized carbons (Fsp3) is 0.333. The van der Waals surface area contributed by atoms with Crippen LogP contribution in [0.4, 0.5) is 0 Å². The molecule has 0 amide bonds. The third kappa shape index (κ3) is 1.78. The fourth-order valence-electron chi connectivity index (χ4n) is 1.01. The van der Waals surface area contributed by atoms with Gasteiger partial charge in [0.1, 0.15) is 0 Å². The van der Waals surface area contributed by atoms with Gasteiger partial charge in [-0.3, -0.25) is 0 Å². The molecule has 0 aliphatic carbocycles. The van der Waals surface area contributed by atoms with E-state index in [0.717, 1.165) is 5.69 Å². The van der Waals surface area contributed by atoms with Crippen LogP contribution in [0.3, 0.4) is 0 Å². The first-order chi connectivity index (χ1) is 6.27. The lowest BCUT2D eigenvalue weighted by Gasteiger charge is -1.94. The van der Waals surface area contributed by atoms with Crippen LogP contribution in [0.15, 0.2) is 17.1 Å². The van der Waals surface area contributed by atoms with Gasteiger partial charge in [0.25, 0.3) is 0 Å². The van der Waals surface area contributed by atoms with E-state index in [2.05, 4.69) is 29.2 Å². The van der Waals surface area contributed by atoms with Crippen molar-refractivity contribution >= 4 is 22.7 Å². The second-order valence-electron chi connectivity index (χ2n) is 3.09. The smallest absolute Gasteiger partial charge is 0.0957 e. The molecule has 2 aromatic heterocycles. The molecule has 2 heterocycles. The van der Waals surface area contributed by atoms with Crippen LogP contribution in [-0.4, -0.2) is 9.97 Å². The molecule has 13 heavy (non-hydrogen) atoms. The summed E-state index contributed by atoms with van der Waals surface area (Å²) in [4.78, 5) is 9.77. The minimum absolute atomic E-state index is 0.511. The highest BCUT2D eigenvalue weighted by Gasteiger charge is 2.07. The Labute approximate surface area is 85.3 Å². The zero-order chi connectivity index (χ0) is 9.26. The Hall–Kier alpha value is -0.740. The molecular formula is C9H10N2S2. The van der Waals surface area contributed by atoms with E-state index in [1.54, 1.807) is 22.7 Å². The third-order valence-electron chi connectivity index (χ3n) is 1.70. The van der Waals surface area contributed by atoms with Crippen molar-refractivity contribution in [3.8, 4) is 10.6 Å². The molecule has 2 aromatic rings. The quantitative estimate of drug-likeness (QED) is 0.759. The third-order valence-corrected chi connectivity index (χ3v) is 3.61. The number of hydrogen-bond acceptors (Lipinski definition) is 4. The van der Waals surface area contributed by atoms with E-state index in [-0.39, 0.29) is 0 Å². The van der Waals surface area contributed by atoms with E-state index in [9.17, 15) is 0 Å². The summed E-state index contributed by atoms with van der Waals surface area (Å²) in [6.07, 6.45) is 1.91.